The number of rotatable bonds is 6. The zero-order valence-corrected chi connectivity index (χ0v) is 19.9. The van der Waals surface area contributed by atoms with E-state index in [1.54, 1.807) is 12.0 Å². The van der Waals surface area contributed by atoms with Gasteiger partial charge in [-0.1, -0.05) is 17.7 Å². The minimum absolute atomic E-state index is 0.0100. The van der Waals surface area contributed by atoms with Crippen LogP contribution in [-0.4, -0.2) is 57.6 Å². The van der Waals surface area contributed by atoms with Crippen LogP contribution in [0.25, 0.3) is 0 Å². The van der Waals surface area contributed by atoms with Crippen LogP contribution < -0.4 is 5.56 Å². The van der Waals surface area contributed by atoms with Gasteiger partial charge in [0.25, 0.3) is 17.4 Å². The molecule has 2 amide bonds. The number of halogens is 2. The van der Waals surface area contributed by atoms with Crippen LogP contribution in [0, 0.1) is 17.7 Å². The predicted molar refractivity (Wildman–Crippen MR) is 124 cm³/mol. The highest BCUT2D eigenvalue weighted by atomic mass is 35.5. The molecule has 0 radical (unpaired) electrons. The monoisotopic (exact) mass is 501 g/mol. The van der Waals surface area contributed by atoms with Crippen molar-refractivity contribution in [1.29, 1.82) is 0 Å². The van der Waals surface area contributed by atoms with E-state index >= 15 is 0 Å². The molecule has 2 aliphatic carbocycles. The first kappa shape index (κ1) is 22.5. The van der Waals surface area contributed by atoms with Gasteiger partial charge in [0.05, 0.1) is 17.2 Å². The van der Waals surface area contributed by atoms with Gasteiger partial charge < -0.3 is 19.6 Å². The number of aromatic nitrogens is 1. The quantitative estimate of drug-likeness (QED) is 0.657. The van der Waals surface area contributed by atoms with E-state index in [-0.39, 0.29) is 46.6 Å². The van der Waals surface area contributed by atoms with Gasteiger partial charge in [-0.05, 0) is 49.3 Å². The van der Waals surface area contributed by atoms with Gasteiger partial charge in [-0.3, -0.25) is 19.0 Å². The highest BCUT2D eigenvalue weighted by Crippen LogP contribution is 2.52. The van der Waals surface area contributed by atoms with Gasteiger partial charge in [0, 0.05) is 37.7 Å². The summed E-state index contributed by atoms with van der Waals surface area (Å²) in [6.07, 6.45) is 2.52. The molecule has 1 aromatic carbocycles. The van der Waals surface area contributed by atoms with E-state index in [4.69, 9.17) is 16.3 Å². The number of amides is 2. The first-order chi connectivity index (χ1) is 16.8. The molecule has 2 saturated carbocycles. The Labute approximate surface area is 205 Å². The topological polar surface area (TPSA) is 92.1 Å². The van der Waals surface area contributed by atoms with Gasteiger partial charge in [-0.25, -0.2) is 4.39 Å². The summed E-state index contributed by atoms with van der Waals surface area (Å²) in [5, 5.41) is 10.9. The van der Waals surface area contributed by atoms with E-state index in [9.17, 15) is 23.9 Å². The fraction of sp³-hybridized carbons (Fsp3) is 0.480. The van der Waals surface area contributed by atoms with Crippen LogP contribution in [0.4, 0.5) is 4.39 Å². The van der Waals surface area contributed by atoms with E-state index in [2.05, 4.69) is 0 Å². The number of carbonyl (C=O) groups is 2. The molecule has 2 aliphatic heterocycles. The van der Waals surface area contributed by atoms with E-state index in [0.717, 1.165) is 19.3 Å². The predicted octanol–water partition coefficient (Wildman–Crippen LogP) is 2.94. The molecule has 1 N–H and O–H groups in total. The second-order valence-corrected chi connectivity index (χ2v) is 10.3. The third-order valence-electron chi connectivity index (χ3n) is 7.63. The van der Waals surface area contributed by atoms with Crippen molar-refractivity contribution < 1.29 is 23.8 Å². The van der Waals surface area contributed by atoms with Crippen molar-refractivity contribution in [2.45, 2.75) is 44.4 Å². The molecule has 1 aromatic heterocycles. The maximum absolute atomic E-state index is 13.7. The normalized spacial score (nSPS) is 25.2. The third-order valence-corrected chi connectivity index (χ3v) is 7.92. The molecule has 0 saturated heterocycles. The van der Waals surface area contributed by atoms with Crippen LogP contribution in [0.2, 0.25) is 5.02 Å². The molecule has 2 fully saturated rings. The fourth-order valence-electron chi connectivity index (χ4n) is 5.71. The summed E-state index contributed by atoms with van der Waals surface area (Å²) in [4.78, 5) is 43.8. The number of hydrogen-bond donors (Lipinski definition) is 1. The standard InChI is InChI=1S/C25H25ClFN3O5/c1-35-11-14-9-18(14)29-22(13-3-4-13)30-20(24(29)33)15-6-7-28(23(32)19(15)21(31)25(30)34)10-12-2-5-17(27)16(26)8-12/h2,5,8,13-14,18,22,31H,3-4,6-7,9-11H2,1H3/t14-,18-,22?/m1/s1. The average Bonchev–Trinajstić information content (AvgIpc) is 3.75. The minimum Gasteiger partial charge on any atom is -0.502 e. The molecular weight excluding hydrogens is 477 g/mol. The van der Waals surface area contributed by atoms with Crippen molar-refractivity contribution in [3.63, 3.8) is 0 Å². The zero-order valence-electron chi connectivity index (χ0n) is 19.2. The highest BCUT2D eigenvalue weighted by molar-refractivity contribution is 6.30. The van der Waals surface area contributed by atoms with Gasteiger partial charge in [0.1, 0.15) is 17.7 Å². The number of benzene rings is 1. The summed E-state index contributed by atoms with van der Waals surface area (Å²) < 4.78 is 20.3. The number of ether oxygens (including phenoxy) is 1. The highest BCUT2D eigenvalue weighted by Gasteiger charge is 2.56. The second-order valence-electron chi connectivity index (χ2n) is 9.93. The molecule has 0 spiro atoms. The number of hydrogen-bond acceptors (Lipinski definition) is 5. The van der Waals surface area contributed by atoms with E-state index in [1.165, 1.54) is 27.7 Å². The lowest BCUT2D eigenvalue weighted by Crippen LogP contribution is -2.40. The summed E-state index contributed by atoms with van der Waals surface area (Å²) in [6, 6.07) is 4.21. The maximum Gasteiger partial charge on any atom is 0.295 e. The molecular formula is C25H25ClFN3O5. The molecule has 8 nitrogen and oxygen atoms in total. The molecule has 3 heterocycles. The molecule has 1 unspecified atom stereocenters. The number of pyridine rings is 1. The van der Waals surface area contributed by atoms with Crippen LogP contribution in [0.1, 0.15) is 57.4 Å². The lowest BCUT2D eigenvalue weighted by atomic mass is 9.95. The first-order valence-corrected chi connectivity index (χ1v) is 12.2. The van der Waals surface area contributed by atoms with Crippen molar-refractivity contribution >= 4 is 23.4 Å². The summed E-state index contributed by atoms with van der Waals surface area (Å²) in [5.41, 5.74) is 0.493. The van der Waals surface area contributed by atoms with Crippen LogP contribution in [0.3, 0.4) is 0 Å². The summed E-state index contributed by atoms with van der Waals surface area (Å²) >= 11 is 5.88. The van der Waals surface area contributed by atoms with E-state index < -0.39 is 29.2 Å². The Morgan fingerprint density at radius 2 is 1.97 bits per heavy atom. The third kappa shape index (κ3) is 3.47. The Morgan fingerprint density at radius 1 is 1.20 bits per heavy atom. The Morgan fingerprint density at radius 3 is 2.66 bits per heavy atom. The van der Waals surface area contributed by atoms with Gasteiger partial charge in [0.15, 0.2) is 5.75 Å². The van der Waals surface area contributed by atoms with Crippen molar-refractivity contribution in [2.75, 3.05) is 20.3 Å². The van der Waals surface area contributed by atoms with Crippen molar-refractivity contribution in [2.24, 2.45) is 11.8 Å². The molecule has 3 atom stereocenters. The lowest BCUT2D eigenvalue weighted by Gasteiger charge is -2.30. The molecule has 35 heavy (non-hydrogen) atoms. The maximum atomic E-state index is 13.7. The smallest absolute Gasteiger partial charge is 0.295 e. The zero-order chi connectivity index (χ0) is 24.6. The minimum atomic E-state index is -0.699. The molecule has 184 valence electrons. The molecule has 0 bridgehead atoms. The van der Waals surface area contributed by atoms with E-state index in [1.807, 2.05) is 0 Å². The van der Waals surface area contributed by atoms with Crippen molar-refractivity contribution in [3.05, 3.63) is 61.8 Å². The largest absolute Gasteiger partial charge is 0.502 e. The summed E-state index contributed by atoms with van der Waals surface area (Å²) in [6.45, 7) is 0.978. The SMILES string of the molecule is COC[C@H]1C[C@H]1N1C(=O)c2c3c(c(O)c(=O)n2C1C1CC1)C(=O)N(Cc1ccc(F)c(Cl)c1)CC3. The first-order valence-electron chi connectivity index (χ1n) is 11.9. The van der Waals surface area contributed by atoms with Crippen LogP contribution in [0.15, 0.2) is 23.0 Å². The van der Waals surface area contributed by atoms with Crippen molar-refractivity contribution in [1.82, 2.24) is 14.4 Å². The summed E-state index contributed by atoms with van der Waals surface area (Å²) in [5.74, 6) is -1.55. The number of carbonyl (C=O) groups excluding carboxylic acids is 2. The average molecular weight is 502 g/mol. The second kappa shape index (κ2) is 8.06. The molecule has 2 aromatic rings. The van der Waals surface area contributed by atoms with Crippen LogP contribution in [-0.2, 0) is 17.7 Å². The van der Waals surface area contributed by atoms with Gasteiger partial charge in [-0.2, -0.15) is 0 Å². The van der Waals surface area contributed by atoms with Crippen molar-refractivity contribution in [3.8, 4) is 5.75 Å². The van der Waals surface area contributed by atoms with Gasteiger partial charge >= 0.3 is 0 Å². The van der Waals surface area contributed by atoms with Gasteiger partial charge in [-0.15, -0.1) is 0 Å². The fourth-order valence-corrected chi connectivity index (χ4v) is 5.92. The summed E-state index contributed by atoms with van der Waals surface area (Å²) in [7, 11) is 1.63. The Bertz CT molecular complexity index is 1320. The van der Waals surface area contributed by atoms with Gasteiger partial charge in [0.2, 0.25) is 0 Å². The number of nitrogens with zero attached hydrogens (tertiary/aromatic N) is 3. The molecule has 10 heteroatoms. The van der Waals surface area contributed by atoms with Crippen LogP contribution >= 0.6 is 11.6 Å². The Kier molecular flexibility index (Phi) is 5.19. The Balaban J connectivity index is 1.38. The molecule has 6 rings (SSSR count). The number of aromatic hydroxyl groups is 1. The Hall–Kier alpha value is -2.91. The van der Waals surface area contributed by atoms with E-state index in [0.29, 0.717) is 30.7 Å². The lowest BCUT2D eigenvalue weighted by molar-refractivity contribution is 0.0608. The van der Waals surface area contributed by atoms with Crippen LogP contribution in [0.5, 0.6) is 5.75 Å². The number of methoxy groups -OCH3 is 1. The number of fused-ring (bicyclic) bond motifs is 3. The molecule has 4 aliphatic rings.